The molecule has 0 aliphatic heterocycles. The minimum absolute atomic E-state index is 0.242. The van der Waals surface area contributed by atoms with E-state index in [1.54, 1.807) is 0 Å². The van der Waals surface area contributed by atoms with E-state index in [4.69, 9.17) is 0 Å². The Morgan fingerprint density at radius 3 is 2.59 bits per heavy atom. The maximum absolute atomic E-state index is 12.2. The number of urea groups is 1. The summed E-state index contributed by atoms with van der Waals surface area (Å²) in [6, 6.07) is 23.3. The van der Waals surface area contributed by atoms with Crippen LogP contribution in [0.2, 0.25) is 0 Å². The molecule has 27 heavy (non-hydrogen) atoms. The van der Waals surface area contributed by atoms with Gasteiger partial charge in [-0.05, 0) is 11.5 Å². The topological polar surface area (TPSA) is 82.7 Å². The lowest BCUT2D eigenvalue weighted by molar-refractivity contribution is 0.252. The minimum atomic E-state index is -0.242. The first-order valence-corrected chi connectivity index (χ1v) is 8.79. The average molecular weight is 357 g/mol. The summed E-state index contributed by atoms with van der Waals surface area (Å²) in [6.45, 7) is 0.458. The normalized spacial score (nSPS) is 10.7. The van der Waals surface area contributed by atoms with E-state index in [0.717, 1.165) is 27.8 Å². The number of fused-ring (bicyclic) bond motifs is 1. The summed E-state index contributed by atoms with van der Waals surface area (Å²) >= 11 is 0. The van der Waals surface area contributed by atoms with Crippen molar-refractivity contribution in [3.05, 3.63) is 78.6 Å². The third kappa shape index (κ3) is 3.95. The van der Waals surface area contributed by atoms with Crippen LogP contribution in [0.5, 0.6) is 0 Å². The summed E-state index contributed by atoms with van der Waals surface area (Å²) in [6.07, 6.45) is 0.572. The Bertz CT molecular complexity index is 1050. The number of H-pyrrole nitrogens is 1. The molecule has 0 aliphatic carbocycles. The first kappa shape index (κ1) is 16.8. The number of nitrogens with one attached hydrogen (secondary N) is 3. The standard InChI is InChI=1S/C21H19N5O/c27-21(23-18-12-6-10-15-7-4-5-11-17(15)18)22-14-13-19-24-20(26-25-19)16-8-2-1-3-9-16/h1-12H,13-14H2,(H2,22,23,27)(H,24,25,26). The number of hydrogen-bond acceptors (Lipinski definition) is 3. The van der Waals surface area contributed by atoms with E-state index in [2.05, 4.69) is 25.8 Å². The Kier molecular flexibility index (Phi) is 4.78. The Balaban J connectivity index is 1.33. The number of nitrogens with zero attached hydrogens (tertiary/aromatic N) is 2. The van der Waals surface area contributed by atoms with Crippen LogP contribution in [-0.2, 0) is 6.42 Å². The summed E-state index contributed by atoms with van der Waals surface area (Å²) in [5.41, 5.74) is 1.75. The van der Waals surface area contributed by atoms with E-state index in [0.29, 0.717) is 18.8 Å². The molecule has 6 heteroatoms. The lowest BCUT2D eigenvalue weighted by Gasteiger charge is -2.09. The largest absolute Gasteiger partial charge is 0.337 e. The second-order valence-corrected chi connectivity index (χ2v) is 6.13. The lowest BCUT2D eigenvalue weighted by Crippen LogP contribution is -2.30. The molecule has 2 amide bonds. The van der Waals surface area contributed by atoms with Crippen LogP contribution in [0.25, 0.3) is 22.2 Å². The SMILES string of the molecule is O=C(NCCc1nc(-c2ccccc2)n[nH]1)Nc1cccc2ccccc12. The smallest absolute Gasteiger partial charge is 0.319 e. The number of hydrogen-bond donors (Lipinski definition) is 3. The predicted molar refractivity (Wildman–Crippen MR) is 106 cm³/mol. The van der Waals surface area contributed by atoms with Gasteiger partial charge in [0.25, 0.3) is 0 Å². The van der Waals surface area contributed by atoms with Crippen molar-refractivity contribution < 1.29 is 4.79 Å². The summed E-state index contributed by atoms with van der Waals surface area (Å²) in [5.74, 6) is 1.39. The first-order valence-electron chi connectivity index (χ1n) is 8.79. The second kappa shape index (κ2) is 7.70. The summed E-state index contributed by atoms with van der Waals surface area (Å²) in [7, 11) is 0. The zero-order valence-electron chi connectivity index (χ0n) is 14.6. The fourth-order valence-electron chi connectivity index (χ4n) is 2.92. The van der Waals surface area contributed by atoms with Gasteiger partial charge in [0.1, 0.15) is 5.82 Å². The van der Waals surface area contributed by atoms with Crippen molar-refractivity contribution in [3.63, 3.8) is 0 Å². The third-order valence-corrected chi connectivity index (χ3v) is 4.25. The zero-order valence-corrected chi connectivity index (χ0v) is 14.6. The molecule has 0 fully saturated rings. The van der Waals surface area contributed by atoms with E-state index in [9.17, 15) is 4.79 Å². The van der Waals surface area contributed by atoms with Gasteiger partial charge in [0.05, 0.1) is 5.69 Å². The van der Waals surface area contributed by atoms with Gasteiger partial charge in [0.15, 0.2) is 5.82 Å². The fourth-order valence-corrected chi connectivity index (χ4v) is 2.92. The van der Waals surface area contributed by atoms with E-state index in [1.165, 1.54) is 0 Å². The molecule has 0 saturated carbocycles. The van der Waals surface area contributed by atoms with Crippen LogP contribution in [0, 0.1) is 0 Å². The molecule has 134 valence electrons. The number of carbonyl (C=O) groups is 1. The molecule has 3 N–H and O–H groups in total. The minimum Gasteiger partial charge on any atom is -0.337 e. The highest BCUT2D eigenvalue weighted by Gasteiger charge is 2.07. The Morgan fingerprint density at radius 1 is 0.926 bits per heavy atom. The van der Waals surface area contributed by atoms with Gasteiger partial charge in [-0.3, -0.25) is 5.10 Å². The highest BCUT2D eigenvalue weighted by molar-refractivity contribution is 6.01. The number of benzene rings is 3. The van der Waals surface area contributed by atoms with Crippen LogP contribution >= 0.6 is 0 Å². The van der Waals surface area contributed by atoms with E-state index >= 15 is 0 Å². The first-order chi connectivity index (χ1) is 13.3. The van der Waals surface area contributed by atoms with Gasteiger partial charge < -0.3 is 10.6 Å². The predicted octanol–water partition coefficient (Wildman–Crippen LogP) is 3.99. The molecule has 0 atom stereocenters. The lowest BCUT2D eigenvalue weighted by atomic mass is 10.1. The van der Waals surface area contributed by atoms with Gasteiger partial charge in [-0.25, -0.2) is 9.78 Å². The Labute approximate surface area is 156 Å². The zero-order chi connectivity index (χ0) is 18.5. The van der Waals surface area contributed by atoms with Crippen LogP contribution in [0.15, 0.2) is 72.8 Å². The molecule has 4 rings (SSSR count). The van der Waals surface area contributed by atoms with Crippen molar-refractivity contribution in [3.8, 4) is 11.4 Å². The fraction of sp³-hybridized carbons (Fsp3) is 0.0952. The van der Waals surface area contributed by atoms with Crippen LogP contribution in [0.4, 0.5) is 10.5 Å². The van der Waals surface area contributed by atoms with Gasteiger partial charge in [-0.1, -0.05) is 66.7 Å². The highest BCUT2D eigenvalue weighted by atomic mass is 16.2. The van der Waals surface area contributed by atoms with Crippen LogP contribution in [0.1, 0.15) is 5.82 Å². The molecule has 4 aromatic rings. The molecule has 0 spiro atoms. The third-order valence-electron chi connectivity index (χ3n) is 4.25. The molecule has 6 nitrogen and oxygen atoms in total. The second-order valence-electron chi connectivity index (χ2n) is 6.13. The summed E-state index contributed by atoms with van der Waals surface area (Å²) < 4.78 is 0. The van der Waals surface area contributed by atoms with Crippen LogP contribution in [0.3, 0.4) is 0 Å². The van der Waals surface area contributed by atoms with E-state index < -0.39 is 0 Å². The van der Waals surface area contributed by atoms with Crippen molar-refractivity contribution in [2.45, 2.75) is 6.42 Å². The number of carbonyl (C=O) groups excluding carboxylic acids is 1. The number of aromatic nitrogens is 3. The van der Waals surface area contributed by atoms with E-state index in [1.807, 2.05) is 72.8 Å². The van der Waals surface area contributed by atoms with Crippen molar-refractivity contribution >= 4 is 22.5 Å². The van der Waals surface area contributed by atoms with E-state index in [-0.39, 0.29) is 6.03 Å². The van der Waals surface area contributed by atoms with Crippen LogP contribution < -0.4 is 10.6 Å². The van der Waals surface area contributed by atoms with Gasteiger partial charge in [-0.15, -0.1) is 0 Å². The molecule has 3 aromatic carbocycles. The number of amides is 2. The molecular formula is C21H19N5O. The summed E-state index contributed by atoms with van der Waals surface area (Å²) in [5, 5.41) is 15.0. The van der Waals surface area contributed by atoms with Gasteiger partial charge in [0, 0.05) is 23.9 Å². The number of anilines is 1. The van der Waals surface area contributed by atoms with Gasteiger partial charge in [-0.2, -0.15) is 5.10 Å². The van der Waals surface area contributed by atoms with Crippen molar-refractivity contribution in [1.29, 1.82) is 0 Å². The number of aromatic amines is 1. The Hall–Kier alpha value is -3.67. The van der Waals surface area contributed by atoms with Crippen molar-refractivity contribution in [2.24, 2.45) is 0 Å². The maximum Gasteiger partial charge on any atom is 0.319 e. The number of rotatable bonds is 5. The molecule has 1 aromatic heterocycles. The van der Waals surface area contributed by atoms with Crippen LogP contribution in [-0.4, -0.2) is 27.8 Å². The molecule has 1 heterocycles. The van der Waals surface area contributed by atoms with Gasteiger partial charge in [0.2, 0.25) is 0 Å². The van der Waals surface area contributed by atoms with Crippen molar-refractivity contribution in [2.75, 3.05) is 11.9 Å². The van der Waals surface area contributed by atoms with Crippen molar-refractivity contribution in [1.82, 2.24) is 20.5 Å². The molecule has 0 aliphatic rings. The quantitative estimate of drug-likeness (QED) is 0.505. The molecule has 0 bridgehead atoms. The average Bonchev–Trinajstić information content (AvgIpc) is 3.18. The monoisotopic (exact) mass is 357 g/mol. The Morgan fingerprint density at radius 2 is 1.70 bits per heavy atom. The molecule has 0 unspecified atom stereocenters. The molecule has 0 radical (unpaired) electrons. The molecule has 0 saturated heterocycles. The maximum atomic E-state index is 12.2. The van der Waals surface area contributed by atoms with Gasteiger partial charge >= 0.3 is 6.03 Å². The highest BCUT2D eigenvalue weighted by Crippen LogP contribution is 2.22. The molecular weight excluding hydrogens is 338 g/mol. The summed E-state index contributed by atoms with van der Waals surface area (Å²) in [4.78, 5) is 16.7.